The van der Waals surface area contributed by atoms with Gasteiger partial charge >= 0.3 is 0 Å². The molecule has 2 nitrogen and oxygen atoms in total. The van der Waals surface area contributed by atoms with Gasteiger partial charge in [0.1, 0.15) is 5.78 Å². The molecule has 98 valence electrons. The Kier molecular flexibility index (Phi) is 4.10. The molecule has 0 N–H and O–H groups in total. The van der Waals surface area contributed by atoms with Crippen LogP contribution in [0, 0.1) is 25.2 Å². The molecule has 0 aliphatic heterocycles. The van der Waals surface area contributed by atoms with Gasteiger partial charge in [-0.3, -0.25) is 9.59 Å². The molecule has 1 aromatic carbocycles. The van der Waals surface area contributed by atoms with E-state index in [0.717, 1.165) is 11.1 Å². The summed E-state index contributed by atoms with van der Waals surface area (Å²) < 4.78 is 0. The van der Waals surface area contributed by atoms with E-state index >= 15 is 0 Å². The molecule has 0 saturated heterocycles. The van der Waals surface area contributed by atoms with Gasteiger partial charge in [-0.25, -0.2) is 0 Å². The number of benzene rings is 1. The summed E-state index contributed by atoms with van der Waals surface area (Å²) >= 11 is 0. The summed E-state index contributed by atoms with van der Waals surface area (Å²) in [6.45, 7) is 11.0. The maximum absolute atomic E-state index is 12.5. The van der Waals surface area contributed by atoms with Crippen molar-refractivity contribution in [1.29, 1.82) is 0 Å². The Morgan fingerprint density at radius 3 is 2.11 bits per heavy atom. The Labute approximate surface area is 109 Å². The fraction of sp³-hybridized carbons (Fsp3) is 0.500. The van der Waals surface area contributed by atoms with Crippen molar-refractivity contribution in [2.24, 2.45) is 11.3 Å². The molecule has 0 fully saturated rings. The number of rotatable bonds is 4. The maximum atomic E-state index is 12.5. The van der Waals surface area contributed by atoms with E-state index in [1.54, 1.807) is 13.8 Å². The zero-order valence-electron chi connectivity index (χ0n) is 12.1. The van der Waals surface area contributed by atoms with Gasteiger partial charge in [-0.15, -0.1) is 0 Å². The highest BCUT2D eigenvalue weighted by atomic mass is 16.2. The van der Waals surface area contributed by atoms with Crippen molar-refractivity contribution in [2.75, 3.05) is 0 Å². The number of Topliss-reactive ketones (excluding diaryl/α,β-unsaturated/α-hetero) is 2. The summed E-state index contributed by atoms with van der Waals surface area (Å²) in [5.74, 6) is -0.221. The second-order valence-corrected chi connectivity index (χ2v) is 5.79. The van der Waals surface area contributed by atoms with Crippen molar-refractivity contribution in [2.45, 2.75) is 41.5 Å². The predicted octanol–water partition coefficient (Wildman–Crippen LogP) is 3.74. The fourth-order valence-corrected chi connectivity index (χ4v) is 2.24. The molecule has 0 unspecified atom stereocenters. The quantitative estimate of drug-likeness (QED) is 0.599. The molecule has 1 aromatic rings. The molecule has 0 radical (unpaired) electrons. The van der Waals surface area contributed by atoms with E-state index in [1.165, 1.54) is 0 Å². The third-order valence-corrected chi connectivity index (χ3v) is 3.33. The van der Waals surface area contributed by atoms with Crippen molar-refractivity contribution in [3.05, 3.63) is 34.9 Å². The van der Waals surface area contributed by atoms with Gasteiger partial charge in [-0.2, -0.15) is 0 Å². The first-order valence-electron chi connectivity index (χ1n) is 6.34. The molecule has 0 amide bonds. The summed E-state index contributed by atoms with van der Waals surface area (Å²) in [6.07, 6.45) is 0. The Morgan fingerprint density at radius 2 is 1.67 bits per heavy atom. The Hall–Kier alpha value is -1.44. The first kappa shape index (κ1) is 14.6. The topological polar surface area (TPSA) is 34.1 Å². The maximum Gasteiger partial charge on any atom is 0.176 e. The molecule has 0 aromatic heterocycles. The highest BCUT2D eigenvalue weighted by molar-refractivity contribution is 6.14. The van der Waals surface area contributed by atoms with Crippen molar-refractivity contribution in [1.82, 2.24) is 0 Å². The molecule has 2 heteroatoms. The lowest BCUT2D eigenvalue weighted by Crippen LogP contribution is -2.36. The lowest BCUT2D eigenvalue weighted by molar-refractivity contribution is -0.127. The van der Waals surface area contributed by atoms with Crippen LogP contribution in [0.5, 0.6) is 0 Å². The van der Waals surface area contributed by atoms with Crippen LogP contribution in [0.25, 0.3) is 0 Å². The molecular formula is C16H22O2. The van der Waals surface area contributed by atoms with Crippen molar-refractivity contribution >= 4 is 11.6 Å². The number of hydrogen-bond acceptors (Lipinski definition) is 2. The largest absolute Gasteiger partial charge is 0.298 e. The van der Waals surface area contributed by atoms with Crippen LogP contribution < -0.4 is 0 Å². The zero-order valence-corrected chi connectivity index (χ0v) is 12.1. The highest BCUT2D eigenvalue weighted by Gasteiger charge is 2.37. The Balaban J connectivity index is 3.18. The third-order valence-electron chi connectivity index (χ3n) is 3.33. The monoisotopic (exact) mass is 246 g/mol. The van der Waals surface area contributed by atoms with Crippen LogP contribution in [0.3, 0.4) is 0 Å². The van der Waals surface area contributed by atoms with Crippen LogP contribution in [0.1, 0.15) is 49.2 Å². The van der Waals surface area contributed by atoms with Gasteiger partial charge in [-0.05, 0) is 33.3 Å². The molecule has 0 saturated carbocycles. The standard InChI is InChI=1S/C16H22O2/c1-10(2)14(17)16(5,6)15(18)13-8-7-11(3)9-12(13)4/h7-10H,1-6H3. The van der Waals surface area contributed by atoms with Crippen LogP contribution in [0.4, 0.5) is 0 Å². The number of carbonyl (C=O) groups excluding carboxylic acids is 2. The van der Waals surface area contributed by atoms with Gasteiger partial charge in [0, 0.05) is 11.5 Å². The van der Waals surface area contributed by atoms with Gasteiger partial charge in [-0.1, -0.05) is 37.6 Å². The average Bonchev–Trinajstić information content (AvgIpc) is 2.27. The van der Waals surface area contributed by atoms with E-state index in [0.29, 0.717) is 5.56 Å². The fourth-order valence-electron chi connectivity index (χ4n) is 2.24. The van der Waals surface area contributed by atoms with E-state index in [4.69, 9.17) is 0 Å². The van der Waals surface area contributed by atoms with Crippen molar-refractivity contribution in [3.8, 4) is 0 Å². The average molecular weight is 246 g/mol. The van der Waals surface area contributed by atoms with Crippen LogP contribution in [-0.2, 0) is 4.79 Å². The van der Waals surface area contributed by atoms with E-state index in [2.05, 4.69) is 0 Å². The molecular weight excluding hydrogens is 224 g/mol. The normalized spacial score (nSPS) is 11.7. The summed E-state index contributed by atoms with van der Waals surface area (Å²) in [4.78, 5) is 24.7. The van der Waals surface area contributed by atoms with E-state index in [1.807, 2.05) is 45.9 Å². The third kappa shape index (κ3) is 2.69. The Morgan fingerprint density at radius 1 is 1.11 bits per heavy atom. The summed E-state index contributed by atoms with van der Waals surface area (Å²) in [5.41, 5.74) is 1.76. The minimum atomic E-state index is -0.950. The summed E-state index contributed by atoms with van der Waals surface area (Å²) in [6, 6.07) is 5.71. The molecule has 1 rings (SSSR count). The number of carbonyl (C=O) groups is 2. The lowest BCUT2D eigenvalue weighted by Gasteiger charge is -2.24. The first-order chi connectivity index (χ1) is 8.17. The van der Waals surface area contributed by atoms with Gasteiger partial charge in [0.15, 0.2) is 5.78 Å². The van der Waals surface area contributed by atoms with Gasteiger partial charge in [0.25, 0.3) is 0 Å². The number of hydrogen-bond donors (Lipinski definition) is 0. The molecule has 18 heavy (non-hydrogen) atoms. The molecule has 0 aliphatic rings. The van der Waals surface area contributed by atoms with Gasteiger partial charge < -0.3 is 0 Å². The van der Waals surface area contributed by atoms with E-state index in [-0.39, 0.29) is 17.5 Å². The lowest BCUT2D eigenvalue weighted by atomic mass is 9.75. The molecule has 0 atom stereocenters. The second kappa shape index (κ2) is 5.05. The van der Waals surface area contributed by atoms with Gasteiger partial charge in [0.05, 0.1) is 5.41 Å². The summed E-state index contributed by atoms with van der Waals surface area (Å²) in [5, 5.41) is 0. The SMILES string of the molecule is Cc1ccc(C(=O)C(C)(C)C(=O)C(C)C)c(C)c1. The van der Waals surface area contributed by atoms with E-state index < -0.39 is 5.41 Å². The zero-order chi connectivity index (χ0) is 14.1. The predicted molar refractivity (Wildman–Crippen MR) is 73.9 cm³/mol. The van der Waals surface area contributed by atoms with Crippen molar-refractivity contribution < 1.29 is 9.59 Å². The van der Waals surface area contributed by atoms with Crippen LogP contribution in [0.15, 0.2) is 18.2 Å². The summed E-state index contributed by atoms with van der Waals surface area (Å²) in [7, 11) is 0. The Bertz CT molecular complexity index is 482. The number of ketones is 2. The molecule has 0 bridgehead atoms. The second-order valence-electron chi connectivity index (χ2n) is 5.79. The van der Waals surface area contributed by atoms with Crippen molar-refractivity contribution in [3.63, 3.8) is 0 Å². The van der Waals surface area contributed by atoms with Gasteiger partial charge in [0.2, 0.25) is 0 Å². The molecule has 0 aliphatic carbocycles. The smallest absolute Gasteiger partial charge is 0.176 e. The van der Waals surface area contributed by atoms with Crippen LogP contribution >= 0.6 is 0 Å². The molecule has 0 heterocycles. The molecule has 0 spiro atoms. The van der Waals surface area contributed by atoms with E-state index in [9.17, 15) is 9.59 Å². The highest BCUT2D eigenvalue weighted by Crippen LogP contribution is 2.28. The van der Waals surface area contributed by atoms with Crippen LogP contribution in [-0.4, -0.2) is 11.6 Å². The first-order valence-corrected chi connectivity index (χ1v) is 6.34. The van der Waals surface area contributed by atoms with Crippen LogP contribution in [0.2, 0.25) is 0 Å². The minimum Gasteiger partial charge on any atom is -0.298 e. The number of aryl methyl sites for hydroxylation is 2. The minimum absolute atomic E-state index is 0.00697.